The Morgan fingerprint density at radius 1 is 1.53 bits per heavy atom. The van der Waals surface area contributed by atoms with Gasteiger partial charge in [0.15, 0.2) is 11.6 Å². The molecule has 2 heterocycles. The summed E-state index contributed by atoms with van der Waals surface area (Å²) >= 11 is 5.65. The van der Waals surface area contributed by atoms with Gasteiger partial charge in [0, 0.05) is 25.4 Å². The van der Waals surface area contributed by atoms with Gasteiger partial charge in [-0.15, -0.1) is 0 Å². The molecule has 0 aliphatic carbocycles. The van der Waals surface area contributed by atoms with Gasteiger partial charge in [-0.2, -0.15) is 0 Å². The Balaban J connectivity index is 2.20. The molecule has 0 aromatic carbocycles. The normalized spacial score (nSPS) is 10.6. The van der Waals surface area contributed by atoms with Crippen molar-refractivity contribution in [1.82, 2.24) is 4.98 Å². The van der Waals surface area contributed by atoms with Crippen molar-refractivity contribution in [2.24, 2.45) is 0 Å². The van der Waals surface area contributed by atoms with Crippen LogP contribution in [0.5, 0.6) is 0 Å². The molecule has 0 spiro atoms. The molecule has 0 amide bonds. The Bertz CT molecular complexity index is 527. The smallest absolute Gasteiger partial charge is 0.167 e. The third-order valence-electron chi connectivity index (χ3n) is 2.52. The summed E-state index contributed by atoms with van der Waals surface area (Å²) in [5.41, 5.74) is 1.00. The molecule has 0 N–H and O–H groups in total. The molecular weight excluding hydrogens is 243 g/mol. The predicted octanol–water partition coefficient (Wildman–Crippen LogP) is 3.41. The third kappa shape index (κ3) is 2.58. The number of aryl methyl sites for hydroxylation is 1. The van der Waals surface area contributed by atoms with E-state index in [0.717, 1.165) is 11.3 Å². The number of nitrogens with zero attached hydrogens (tertiary/aromatic N) is 2. The summed E-state index contributed by atoms with van der Waals surface area (Å²) in [5, 5.41) is 0.291. The maximum absolute atomic E-state index is 13.6. The number of hydrogen-bond donors (Lipinski definition) is 0. The van der Waals surface area contributed by atoms with E-state index in [2.05, 4.69) is 4.98 Å². The minimum absolute atomic E-state index is 0.273. The van der Waals surface area contributed by atoms with Crippen molar-refractivity contribution in [3.63, 3.8) is 0 Å². The zero-order valence-electron chi connectivity index (χ0n) is 9.58. The zero-order valence-corrected chi connectivity index (χ0v) is 10.3. The molecule has 0 saturated heterocycles. The molecule has 0 radical (unpaired) electrons. The highest BCUT2D eigenvalue weighted by Crippen LogP contribution is 2.21. The highest BCUT2D eigenvalue weighted by atomic mass is 35.5. The van der Waals surface area contributed by atoms with E-state index in [1.807, 2.05) is 13.0 Å². The molecule has 2 aromatic heterocycles. The monoisotopic (exact) mass is 254 g/mol. The van der Waals surface area contributed by atoms with Crippen LogP contribution in [0.3, 0.4) is 0 Å². The van der Waals surface area contributed by atoms with E-state index < -0.39 is 5.82 Å². The third-order valence-corrected chi connectivity index (χ3v) is 2.73. The summed E-state index contributed by atoms with van der Waals surface area (Å²) < 4.78 is 18.8. The molecule has 17 heavy (non-hydrogen) atoms. The van der Waals surface area contributed by atoms with Crippen LogP contribution in [0, 0.1) is 12.7 Å². The predicted molar refractivity (Wildman–Crippen MR) is 64.8 cm³/mol. The van der Waals surface area contributed by atoms with Crippen molar-refractivity contribution in [1.29, 1.82) is 0 Å². The van der Waals surface area contributed by atoms with E-state index in [1.54, 1.807) is 18.2 Å². The van der Waals surface area contributed by atoms with Gasteiger partial charge in [0.2, 0.25) is 0 Å². The van der Waals surface area contributed by atoms with Gasteiger partial charge in [0.25, 0.3) is 0 Å². The molecule has 5 heteroatoms. The molecule has 0 aliphatic rings. The lowest BCUT2D eigenvalue weighted by atomic mass is 10.2. The Hall–Kier alpha value is -1.55. The molecule has 2 rings (SSSR count). The van der Waals surface area contributed by atoms with Crippen LogP contribution in [-0.2, 0) is 6.54 Å². The molecule has 0 bridgehead atoms. The average molecular weight is 255 g/mol. The molecule has 3 nitrogen and oxygen atoms in total. The topological polar surface area (TPSA) is 29.3 Å². The first-order valence-corrected chi connectivity index (χ1v) is 5.51. The number of rotatable bonds is 3. The number of aromatic nitrogens is 1. The lowest BCUT2D eigenvalue weighted by molar-refractivity contribution is 0.529. The van der Waals surface area contributed by atoms with E-state index in [0.29, 0.717) is 11.6 Å². The fourth-order valence-corrected chi connectivity index (χ4v) is 1.74. The van der Waals surface area contributed by atoms with Crippen LogP contribution in [-0.4, -0.2) is 12.0 Å². The van der Waals surface area contributed by atoms with Gasteiger partial charge in [-0.25, -0.2) is 9.37 Å². The SMILES string of the molecule is Cc1occc1CN(C)c1ncc(Cl)cc1F. The second-order valence-electron chi connectivity index (χ2n) is 3.82. The van der Waals surface area contributed by atoms with Crippen molar-refractivity contribution >= 4 is 17.4 Å². The fourth-order valence-electron chi connectivity index (χ4n) is 1.59. The van der Waals surface area contributed by atoms with E-state index >= 15 is 0 Å². The van der Waals surface area contributed by atoms with Crippen LogP contribution in [0.2, 0.25) is 5.02 Å². The molecule has 0 unspecified atom stereocenters. The average Bonchev–Trinajstić information content (AvgIpc) is 2.64. The van der Waals surface area contributed by atoms with Crippen LogP contribution in [0.1, 0.15) is 11.3 Å². The Morgan fingerprint density at radius 3 is 2.88 bits per heavy atom. The minimum atomic E-state index is -0.429. The number of furan rings is 1. The van der Waals surface area contributed by atoms with E-state index in [-0.39, 0.29) is 5.82 Å². The Kier molecular flexibility index (Phi) is 3.33. The summed E-state index contributed by atoms with van der Waals surface area (Å²) in [5.74, 6) is 0.669. The van der Waals surface area contributed by atoms with Gasteiger partial charge in [-0.1, -0.05) is 11.6 Å². The fraction of sp³-hybridized carbons (Fsp3) is 0.250. The molecule has 0 atom stereocenters. The first-order chi connectivity index (χ1) is 8.08. The van der Waals surface area contributed by atoms with Gasteiger partial charge in [0.05, 0.1) is 11.3 Å². The highest BCUT2D eigenvalue weighted by Gasteiger charge is 2.12. The van der Waals surface area contributed by atoms with Crippen molar-refractivity contribution in [3.05, 3.63) is 46.8 Å². The second-order valence-corrected chi connectivity index (χ2v) is 4.25. The van der Waals surface area contributed by atoms with Crippen LogP contribution in [0.15, 0.2) is 29.0 Å². The van der Waals surface area contributed by atoms with E-state index in [9.17, 15) is 4.39 Å². The first-order valence-electron chi connectivity index (χ1n) is 5.13. The standard InChI is InChI=1S/C12H12ClFN2O/c1-8-9(3-4-17-8)7-16(2)12-11(14)5-10(13)6-15-12/h3-6H,7H2,1-2H3. The number of hydrogen-bond acceptors (Lipinski definition) is 3. The van der Waals surface area contributed by atoms with Crippen molar-refractivity contribution in [2.45, 2.75) is 13.5 Å². The van der Waals surface area contributed by atoms with Crippen molar-refractivity contribution in [3.8, 4) is 0 Å². The lowest BCUT2D eigenvalue weighted by Gasteiger charge is -2.18. The first kappa shape index (κ1) is 11.9. The number of anilines is 1. The quantitative estimate of drug-likeness (QED) is 0.841. The molecule has 0 aliphatic heterocycles. The summed E-state index contributed by atoms with van der Waals surface area (Å²) in [6.45, 7) is 2.41. The van der Waals surface area contributed by atoms with Gasteiger partial charge >= 0.3 is 0 Å². The van der Waals surface area contributed by atoms with Crippen molar-refractivity contribution < 1.29 is 8.81 Å². The second kappa shape index (κ2) is 4.75. The maximum Gasteiger partial charge on any atom is 0.167 e. The van der Waals surface area contributed by atoms with Gasteiger partial charge < -0.3 is 9.32 Å². The van der Waals surface area contributed by atoms with Crippen LogP contribution in [0.25, 0.3) is 0 Å². The van der Waals surface area contributed by atoms with Crippen LogP contribution < -0.4 is 4.90 Å². The maximum atomic E-state index is 13.6. The van der Waals surface area contributed by atoms with Gasteiger partial charge in [-0.3, -0.25) is 0 Å². The minimum Gasteiger partial charge on any atom is -0.469 e. The molecule has 2 aromatic rings. The highest BCUT2D eigenvalue weighted by molar-refractivity contribution is 6.30. The van der Waals surface area contributed by atoms with Crippen LogP contribution >= 0.6 is 11.6 Å². The van der Waals surface area contributed by atoms with E-state index in [4.69, 9.17) is 16.0 Å². The summed E-state index contributed by atoms with van der Waals surface area (Å²) in [6, 6.07) is 3.11. The summed E-state index contributed by atoms with van der Waals surface area (Å²) in [6.07, 6.45) is 3.04. The van der Waals surface area contributed by atoms with Gasteiger partial charge in [0.1, 0.15) is 5.76 Å². The molecular formula is C12H12ClFN2O. The molecule has 90 valence electrons. The van der Waals surface area contributed by atoms with Crippen LogP contribution in [0.4, 0.5) is 10.2 Å². The number of halogens is 2. The Labute approximate surface area is 104 Å². The lowest BCUT2D eigenvalue weighted by Crippen LogP contribution is -2.19. The van der Waals surface area contributed by atoms with Crippen molar-refractivity contribution in [2.75, 3.05) is 11.9 Å². The zero-order chi connectivity index (χ0) is 12.4. The summed E-state index contributed by atoms with van der Waals surface area (Å²) in [4.78, 5) is 5.69. The molecule has 0 saturated carbocycles. The summed E-state index contributed by atoms with van der Waals surface area (Å²) in [7, 11) is 1.77. The van der Waals surface area contributed by atoms with Gasteiger partial charge in [-0.05, 0) is 19.1 Å². The Morgan fingerprint density at radius 2 is 2.29 bits per heavy atom. The van der Waals surface area contributed by atoms with E-state index in [1.165, 1.54) is 12.3 Å². The number of pyridine rings is 1. The largest absolute Gasteiger partial charge is 0.469 e. The molecule has 0 fully saturated rings.